The minimum absolute atomic E-state index is 0.149. The van der Waals surface area contributed by atoms with Gasteiger partial charge in [-0.15, -0.1) is 0 Å². The molecule has 0 spiro atoms. The molecule has 0 aliphatic heterocycles. The lowest BCUT2D eigenvalue weighted by molar-refractivity contribution is 0.0952. The highest BCUT2D eigenvalue weighted by Gasteiger charge is 2.12. The average Bonchev–Trinajstić information content (AvgIpc) is 2.89. The number of carbonyl (C=O) groups excluding carboxylic acids is 1. The zero-order valence-corrected chi connectivity index (χ0v) is 11.3. The van der Waals surface area contributed by atoms with E-state index >= 15 is 0 Å². The van der Waals surface area contributed by atoms with E-state index < -0.39 is 0 Å². The third kappa shape index (κ3) is 2.51. The molecule has 1 amide bonds. The van der Waals surface area contributed by atoms with Crippen molar-refractivity contribution in [2.24, 2.45) is 0 Å². The molecule has 1 aromatic carbocycles. The number of carbonyl (C=O) groups is 1. The van der Waals surface area contributed by atoms with Crippen LogP contribution in [0.3, 0.4) is 0 Å². The minimum atomic E-state index is -0.149. The van der Waals surface area contributed by atoms with Gasteiger partial charge in [-0.1, -0.05) is 17.7 Å². The molecule has 2 heterocycles. The molecule has 0 aliphatic rings. The number of hydrogen-bond donors (Lipinski definition) is 2. The summed E-state index contributed by atoms with van der Waals surface area (Å²) in [4.78, 5) is 19.4. The second-order valence-corrected chi connectivity index (χ2v) is 4.83. The number of pyridine rings is 1. The van der Waals surface area contributed by atoms with E-state index in [1.165, 1.54) is 0 Å². The number of nitrogens with zero attached hydrogens (tertiary/aromatic N) is 1. The van der Waals surface area contributed by atoms with E-state index in [1.807, 2.05) is 24.3 Å². The molecular formula is C15H12ClN3O. The molecule has 0 saturated carbocycles. The van der Waals surface area contributed by atoms with Crippen LogP contribution in [-0.2, 0) is 6.54 Å². The Kier molecular flexibility index (Phi) is 3.39. The topological polar surface area (TPSA) is 57.8 Å². The summed E-state index contributed by atoms with van der Waals surface area (Å²) in [7, 11) is 0. The van der Waals surface area contributed by atoms with Crippen LogP contribution in [-0.4, -0.2) is 15.9 Å². The van der Waals surface area contributed by atoms with Crippen molar-refractivity contribution in [1.29, 1.82) is 0 Å². The third-order valence-electron chi connectivity index (χ3n) is 3.04. The van der Waals surface area contributed by atoms with E-state index in [2.05, 4.69) is 15.3 Å². The number of halogens is 1. The minimum Gasteiger partial charge on any atom is -0.360 e. The monoisotopic (exact) mass is 285 g/mol. The maximum absolute atomic E-state index is 12.2. The van der Waals surface area contributed by atoms with Crippen molar-refractivity contribution in [3.05, 3.63) is 65.1 Å². The molecule has 0 fully saturated rings. The summed E-state index contributed by atoms with van der Waals surface area (Å²) >= 11 is 5.97. The van der Waals surface area contributed by atoms with Crippen molar-refractivity contribution >= 4 is 28.4 Å². The molecule has 0 aliphatic carbocycles. The lowest BCUT2D eigenvalue weighted by Gasteiger charge is -2.03. The van der Waals surface area contributed by atoms with E-state index in [0.29, 0.717) is 17.1 Å². The van der Waals surface area contributed by atoms with Crippen LogP contribution < -0.4 is 5.32 Å². The van der Waals surface area contributed by atoms with Gasteiger partial charge >= 0.3 is 0 Å². The molecule has 4 nitrogen and oxygen atoms in total. The maximum atomic E-state index is 12.2. The van der Waals surface area contributed by atoms with Crippen LogP contribution in [0.1, 0.15) is 16.1 Å². The Bertz CT molecular complexity index is 752. The smallest absolute Gasteiger partial charge is 0.253 e. The molecule has 3 rings (SSSR count). The quantitative estimate of drug-likeness (QED) is 0.777. The molecular weight excluding hydrogens is 274 g/mol. The molecule has 2 aromatic heterocycles. The van der Waals surface area contributed by atoms with E-state index in [-0.39, 0.29) is 5.91 Å². The van der Waals surface area contributed by atoms with Gasteiger partial charge in [-0.2, -0.15) is 0 Å². The molecule has 0 saturated heterocycles. The Labute approximate surface area is 120 Å². The molecule has 100 valence electrons. The fourth-order valence-electron chi connectivity index (χ4n) is 2.05. The van der Waals surface area contributed by atoms with Crippen LogP contribution >= 0.6 is 11.6 Å². The zero-order chi connectivity index (χ0) is 13.9. The highest BCUT2D eigenvalue weighted by Crippen LogP contribution is 2.22. The van der Waals surface area contributed by atoms with Gasteiger partial charge in [-0.25, -0.2) is 0 Å². The van der Waals surface area contributed by atoms with Gasteiger partial charge in [0.1, 0.15) is 0 Å². The second kappa shape index (κ2) is 5.35. The van der Waals surface area contributed by atoms with Gasteiger partial charge in [0.25, 0.3) is 5.91 Å². The van der Waals surface area contributed by atoms with Crippen molar-refractivity contribution in [2.45, 2.75) is 6.54 Å². The molecule has 20 heavy (non-hydrogen) atoms. The third-order valence-corrected chi connectivity index (χ3v) is 3.28. The molecule has 5 heteroatoms. The predicted molar refractivity (Wildman–Crippen MR) is 78.7 cm³/mol. The molecule has 3 aromatic rings. The maximum Gasteiger partial charge on any atom is 0.253 e. The highest BCUT2D eigenvalue weighted by molar-refractivity contribution is 6.31. The summed E-state index contributed by atoms with van der Waals surface area (Å²) < 4.78 is 0. The zero-order valence-electron chi connectivity index (χ0n) is 10.6. The van der Waals surface area contributed by atoms with Crippen molar-refractivity contribution in [2.75, 3.05) is 0 Å². The summed E-state index contributed by atoms with van der Waals surface area (Å²) in [6.45, 7) is 0.396. The summed E-state index contributed by atoms with van der Waals surface area (Å²) in [5.41, 5.74) is 2.29. The number of amides is 1. The van der Waals surface area contributed by atoms with Gasteiger partial charge in [0.15, 0.2) is 0 Å². The Hall–Kier alpha value is -2.33. The van der Waals surface area contributed by atoms with E-state index in [9.17, 15) is 4.79 Å². The first-order chi connectivity index (χ1) is 9.74. The standard InChI is InChI=1S/C15H12ClN3O/c16-10-4-5-14-12(7-10)13(9-18-14)15(20)19-8-11-3-1-2-6-17-11/h1-7,9,18H,8H2,(H,19,20). The van der Waals surface area contributed by atoms with Crippen LogP contribution in [0.4, 0.5) is 0 Å². The lowest BCUT2D eigenvalue weighted by atomic mass is 10.1. The largest absolute Gasteiger partial charge is 0.360 e. The first kappa shape index (κ1) is 12.7. The Morgan fingerprint density at radius 3 is 3.00 bits per heavy atom. The first-order valence-electron chi connectivity index (χ1n) is 6.19. The van der Waals surface area contributed by atoms with Crippen molar-refractivity contribution < 1.29 is 4.79 Å². The van der Waals surface area contributed by atoms with Crippen molar-refractivity contribution in [1.82, 2.24) is 15.3 Å². The number of fused-ring (bicyclic) bond motifs is 1. The lowest BCUT2D eigenvalue weighted by Crippen LogP contribution is -2.22. The number of benzene rings is 1. The first-order valence-corrected chi connectivity index (χ1v) is 6.56. The normalized spacial score (nSPS) is 10.7. The fraction of sp³-hybridized carbons (Fsp3) is 0.0667. The highest BCUT2D eigenvalue weighted by atomic mass is 35.5. The van der Waals surface area contributed by atoms with Crippen LogP contribution in [0.5, 0.6) is 0 Å². The number of nitrogens with one attached hydrogen (secondary N) is 2. The van der Waals surface area contributed by atoms with E-state index in [0.717, 1.165) is 16.6 Å². The van der Waals surface area contributed by atoms with Gasteiger partial charge in [-0.05, 0) is 30.3 Å². The van der Waals surface area contributed by atoms with E-state index in [4.69, 9.17) is 11.6 Å². The van der Waals surface area contributed by atoms with Gasteiger partial charge < -0.3 is 10.3 Å². The number of aromatic nitrogens is 2. The molecule has 0 unspecified atom stereocenters. The predicted octanol–water partition coefficient (Wildman–Crippen LogP) is 3.15. The second-order valence-electron chi connectivity index (χ2n) is 4.40. The molecule has 2 N–H and O–H groups in total. The van der Waals surface area contributed by atoms with Crippen LogP contribution in [0.15, 0.2) is 48.8 Å². The Morgan fingerprint density at radius 2 is 2.20 bits per heavy atom. The van der Waals surface area contributed by atoms with Crippen LogP contribution in [0.25, 0.3) is 10.9 Å². The average molecular weight is 286 g/mol. The van der Waals surface area contributed by atoms with E-state index in [1.54, 1.807) is 24.5 Å². The van der Waals surface area contributed by atoms with Crippen LogP contribution in [0.2, 0.25) is 5.02 Å². The number of hydrogen-bond acceptors (Lipinski definition) is 2. The summed E-state index contributed by atoms with van der Waals surface area (Å²) in [6, 6.07) is 11.0. The van der Waals surface area contributed by atoms with Crippen molar-refractivity contribution in [3.63, 3.8) is 0 Å². The van der Waals surface area contributed by atoms with Gasteiger partial charge in [0, 0.05) is 28.3 Å². The Balaban J connectivity index is 1.80. The number of aromatic amines is 1. The molecule has 0 radical (unpaired) electrons. The number of rotatable bonds is 3. The van der Waals surface area contributed by atoms with Crippen molar-refractivity contribution in [3.8, 4) is 0 Å². The van der Waals surface area contributed by atoms with Gasteiger partial charge in [0.2, 0.25) is 0 Å². The SMILES string of the molecule is O=C(NCc1ccccn1)c1c[nH]c2ccc(Cl)cc12. The Morgan fingerprint density at radius 1 is 1.30 bits per heavy atom. The van der Waals surface area contributed by atoms with Crippen LogP contribution in [0, 0.1) is 0 Å². The van der Waals surface area contributed by atoms with Gasteiger partial charge in [-0.3, -0.25) is 9.78 Å². The molecule has 0 atom stereocenters. The summed E-state index contributed by atoms with van der Waals surface area (Å²) in [5.74, 6) is -0.149. The van der Waals surface area contributed by atoms with Gasteiger partial charge in [0.05, 0.1) is 17.8 Å². The number of H-pyrrole nitrogens is 1. The fourth-order valence-corrected chi connectivity index (χ4v) is 2.22. The molecule has 0 bridgehead atoms. The summed E-state index contributed by atoms with van der Waals surface area (Å²) in [6.07, 6.45) is 3.39. The summed E-state index contributed by atoms with van der Waals surface area (Å²) in [5, 5.41) is 4.27.